The average molecular weight is 278 g/mol. The van der Waals surface area contributed by atoms with Crippen LogP contribution in [0.5, 0.6) is 0 Å². The van der Waals surface area contributed by atoms with Crippen LogP contribution >= 0.6 is 11.6 Å². The maximum atomic E-state index is 6.39. The van der Waals surface area contributed by atoms with Crippen LogP contribution < -0.4 is 5.73 Å². The Morgan fingerprint density at radius 3 is 2.53 bits per heavy atom. The monoisotopic (exact) mass is 277 g/mol. The number of nitrogens with two attached hydrogens (primary N) is 1. The first-order chi connectivity index (χ1) is 9.17. The van der Waals surface area contributed by atoms with Crippen molar-refractivity contribution in [3.8, 4) is 0 Å². The first-order valence-electron chi connectivity index (χ1n) is 6.62. The molecule has 3 nitrogen and oxygen atoms in total. The third-order valence-electron chi connectivity index (χ3n) is 3.50. The Labute approximate surface area is 119 Å². The summed E-state index contributed by atoms with van der Waals surface area (Å²) in [6.07, 6.45) is 1.67. The van der Waals surface area contributed by atoms with Gasteiger partial charge in [0.1, 0.15) is 0 Å². The molecule has 0 saturated heterocycles. The van der Waals surface area contributed by atoms with Crippen molar-refractivity contribution in [3.05, 3.63) is 52.3 Å². The van der Waals surface area contributed by atoms with Crippen molar-refractivity contribution in [2.45, 2.75) is 25.7 Å². The third kappa shape index (κ3) is 2.99. The molecule has 1 aromatic carbocycles. The van der Waals surface area contributed by atoms with Gasteiger partial charge in [-0.2, -0.15) is 5.10 Å². The highest BCUT2D eigenvalue weighted by molar-refractivity contribution is 6.31. The lowest BCUT2D eigenvalue weighted by atomic mass is 9.94. The molecule has 2 N–H and O–H groups in total. The van der Waals surface area contributed by atoms with Gasteiger partial charge in [0.05, 0.1) is 16.4 Å². The van der Waals surface area contributed by atoms with Crippen LogP contribution in [0.1, 0.15) is 29.8 Å². The van der Waals surface area contributed by atoms with Gasteiger partial charge in [0.2, 0.25) is 0 Å². The van der Waals surface area contributed by atoms with E-state index in [-0.39, 0.29) is 5.92 Å². The van der Waals surface area contributed by atoms with Crippen LogP contribution in [0.3, 0.4) is 0 Å². The summed E-state index contributed by atoms with van der Waals surface area (Å²) < 4.78 is 1.88. The van der Waals surface area contributed by atoms with Crippen LogP contribution in [0.4, 0.5) is 0 Å². The molecule has 2 rings (SSSR count). The summed E-state index contributed by atoms with van der Waals surface area (Å²) in [5.74, 6) is 0.277. The quantitative estimate of drug-likeness (QED) is 0.913. The number of nitrogens with zero attached hydrogens (tertiary/aromatic N) is 2. The van der Waals surface area contributed by atoms with Crippen LogP contribution in [0.25, 0.3) is 0 Å². The van der Waals surface area contributed by atoms with Crippen molar-refractivity contribution in [2.75, 3.05) is 6.54 Å². The molecule has 0 fully saturated rings. The number of halogens is 1. The summed E-state index contributed by atoms with van der Waals surface area (Å²) in [6.45, 7) is 2.67. The minimum Gasteiger partial charge on any atom is -0.330 e. The third-order valence-corrected chi connectivity index (χ3v) is 3.93. The van der Waals surface area contributed by atoms with Gasteiger partial charge in [-0.25, -0.2) is 0 Å². The molecule has 19 heavy (non-hydrogen) atoms. The van der Waals surface area contributed by atoms with Crippen molar-refractivity contribution in [1.82, 2.24) is 9.78 Å². The lowest BCUT2D eigenvalue weighted by Crippen LogP contribution is -2.16. The molecular formula is C15H20ClN3. The molecular weight excluding hydrogens is 258 g/mol. The molecule has 0 aliphatic carbocycles. The maximum absolute atomic E-state index is 6.39. The average Bonchev–Trinajstić information content (AvgIpc) is 2.72. The Morgan fingerprint density at radius 2 is 2.00 bits per heavy atom. The van der Waals surface area contributed by atoms with Gasteiger partial charge in [-0.3, -0.25) is 4.68 Å². The summed E-state index contributed by atoms with van der Waals surface area (Å²) in [5, 5.41) is 5.24. The topological polar surface area (TPSA) is 43.8 Å². The standard InChI is InChI=1S/C15H20ClN3/c1-3-13-15(16)14(19(2)18-13)9-12(10-17)11-7-5-4-6-8-11/h4-8,12H,3,9-10,17H2,1-2H3. The van der Waals surface area contributed by atoms with Gasteiger partial charge >= 0.3 is 0 Å². The van der Waals surface area contributed by atoms with E-state index in [2.05, 4.69) is 24.2 Å². The van der Waals surface area contributed by atoms with Gasteiger partial charge < -0.3 is 5.73 Å². The van der Waals surface area contributed by atoms with E-state index >= 15 is 0 Å². The van der Waals surface area contributed by atoms with Gasteiger partial charge in [-0.1, -0.05) is 48.9 Å². The second-order valence-corrected chi connectivity index (χ2v) is 5.11. The molecule has 1 heterocycles. The van der Waals surface area contributed by atoms with E-state index in [1.165, 1.54) is 5.56 Å². The second-order valence-electron chi connectivity index (χ2n) is 4.73. The summed E-state index contributed by atoms with van der Waals surface area (Å²) in [7, 11) is 1.94. The van der Waals surface area contributed by atoms with E-state index in [1.807, 2.05) is 29.9 Å². The molecule has 2 aromatic rings. The van der Waals surface area contributed by atoms with Crippen LogP contribution in [-0.4, -0.2) is 16.3 Å². The predicted octanol–water partition coefficient (Wildman–Crippen LogP) is 2.92. The Balaban J connectivity index is 2.26. The van der Waals surface area contributed by atoms with Crippen LogP contribution in [0, 0.1) is 0 Å². The van der Waals surface area contributed by atoms with Crippen molar-refractivity contribution >= 4 is 11.6 Å². The fourth-order valence-corrected chi connectivity index (χ4v) is 2.71. The first kappa shape index (κ1) is 14.1. The molecule has 0 bridgehead atoms. The molecule has 1 unspecified atom stereocenters. The zero-order chi connectivity index (χ0) is 13.8. The fraction of sp³-hybridized carbons (Fsp3) is 0.400. The minimum absolute atomic E-state index is 0.277. The van der Waals surface area contributed by atoms with E-state index < -0.39 is 0 Å². The van der Waals surface area contributed by atoms with E-state index in [1.54, 1.807) is 0 Å². The van der Waals surface area contributed by atoms with Crippen LogP contribution in [-0.2, 0) is 19.9 Å². The van der Waals surface area contributed by atoms with Crippen molar-refractivity contribution in [3.63, 3.8) is 0 Å². The largest absolute Gasteiger partial charge is 0.330 e. The lowest BCUT2D eigenvalue weighted by Gasteiger charge is -2.15. The first-order valence-corrected chi connectivity index (χ1v) is 7.00. The molecule has 4 heteroatoms. The fourth-order valence-electron chi connectivity index (χ4n) is 2.34. The summed E-state index contributed by atoms with van der Waals surface area (Å²) >= 11 is 6.39. The molecule has 1 atom stereocenters. The van der Waals surface area contributed by atoms with Crippen LogP contribution in [0.15, 0.2) is 30.3 Å². The SMILES string of the molecule is CCc1nn(C)c(CC(CN)c2ccccc2)c1Cl. The summed E-state index contributed by atoms with van der Waals surface area (Å²) in [5.41, 5.74) is 9.20. The predicted molar refractivity (Wildman–Crippen MR) is 79.5 cm³/mol. The van der Waals surface area contributed by atoms with E-state index in [9.17, 15) is 0 Å². The van der Waals surface area contributed by atoms with Gasteiger partial charge in [-0.05, 0) is 24.9 Å². The zero-order valence-electron chi connectivity index (χ0n) is 11.4. The highest BCUT2D eigenvalue weighted by Crippen LogP contribution is 2.27. The van der Waals surface area contributed by atoms with E-state index in [4.69, 9.17) is 17.3 Å². The van der Waals surface area contributed by atoms with Gasteiger partial charge in [-0.15, -0.1) is 0 Å². The molecule has 1 aromatic heterocycles. The molecule has 102 valence electrons. The van der Waals surface area contributed by atoms with Gasteiger partial charge in [0.25, 0.3) is 0 Å². The number of aromatic nitrogens is 2. The number of hydrogen-bond acceptors (Lipinski definition) is 2. The zero-order valence-corrected chi connectivity index (χ0v) is 12.2. The number of aryl methyl sites for hydroxylation is 2. The molecule has 0 aliphatic heterocycles. The Morgan fingerprint density at radius 1 is 1.32 bits per heavy atom. The lowest BCUT2D eigenvalue weighted by molar-refractivity contribution is 0.628. The maximum Gasteiger partial charge on any atom is 0.0849 e. The smallest absolute Gasteiger partial charge is 0.0849 e. The van der Waals surface area contributed by atoms with E-state index in [0.717, 1.165) is 29.3 Å². The van der Waals surface area contributed by atoms with E-state index in [0.29, 0.717) is 6.54 Å². The minimum atomic E-state index is 0.277. The highest BCUT2D eigenvalue weighted by atomic mass is 35.5. The van der Waals surface area contributed by atoms with Gasteiger partial charge in [0.15, 0.2) is 0 Å². The number of benzene rings is 1. The summed E-state index contributed by atoms with van der Waals surface area (Å²) in [6, 6.07) is 10.3. The highest BCUT2D eigenvalue weighted by Gasteiger charge is 2.18. The van der Waals surface area contributed by atoms with Crippen molar-refractivity contribution in [2.24, 2.45) is 12.8 Å². The normalized spacial score (nSPS) is 12.6. The van der Waals surface area contributed by atoms with Crippen LogP contribution in [0.2, 0.25) is 5.02 Å². The molecule has 0 radical (unpaired) electrons. The molecule has 0 spiro atoms. The molecule has 0 amide bonds. The Hall–Kier alpha value is -1.32. The Bertz CT molecular complexity index is 534. The number of hydrogen-bond donors (Lipinski definition) is 1. The Kier molecular flexibility index (Phi) is 4.61. The molecule has 0 aliphatic rings. The number of rotatable bonds is 5. The van der Waals surface area contributed by atoms with Crippen molar-refractivity contribution < 1.29 is 0 Å². The van der Waals surface area contributed by atoms with Crippen molar-refractivity contribution in [1.29, 1.82) is 0 Å². The summed E-state index contributed by atoms with van der Waals surface area (Å²) in [4.78, 5) is 0. The molecule has 0 saturated carbocycles. The second kappa shape index (κ2) is 6.22. The van der Waals surface area contributed by atoms with Gasteiger partial charge in [0, 0.05) is 13.0 Å².